The first kappa shape index (κ1) is 15.0. The van der Waals surface area contributed by atoms with E-state index >= 15 is 0 Å². The second-order valence-corrected chi connectivity index (χ2v) is 7.06. The van der Waals surface area contributed by atoms with E-state index in [-0.39, 0.29) is 0 Å². The van der Waals surface area contributed by atoms with Crippen LogP contribution in [-0.2, 0) is 0 Å². The van der Waals surface area contributed by atoms with E-state index in [1.165, 1.54) is 25.7 Å². The highest BCUT2D eigenvalue weighted by Gasteiger charge is 2.37. The summed E-state index contributed by atoms with van der Waals surface area (Å²) in [5.74, 6) is 2.71. The van der Waals surface area contributed by atoms with Crippen LogP contribution in [0.1, 0.15) is 67.2 Å². The predicted octanol–water partition coefficient (Wildman–Crippen LogP) is 4.47. The van der Waals surface area contributed by atoms with E-state index in [4.69, 9.17) is 0 Å². The summed E-state index contributed by atoms with van der Waals surface area (Å²) in [6.07, 6.45) is 5.54. The summed E-state index contributed by atoms with van der Waals surface area (Å²) in [5, 5.41) is 3.78. The van der Waals surface area contributed by atoms with Crippen LogP contribution >= 0.6 is 0 Å². The van der Waals surface area contributed by atoms with Gasteiger partial charge in [0.05, 0.1) is 0 Å². The van der Waals surface area contributed by atoms with Gasteiger partial charge in [0.25, 0.3) is 0 Å². The van der Waals surface area contributed by atoms with Gasteiger partial charge in [-0.2, -0.15) is 0 Å². The first-order chi connectivity index (χ1) is 7.90. The molecule has 1 N–H and O–H groups in total. The van der Waals surface area contributed by atoms with Gasteiger partial charge in [0.15, 0.2) is 0 Å². The molecule has 0 bridgehead atoms. The van der Waals surface area contributed by atoms with Crippen molar-refractivity contribution in [2.45, 2.75) is 73.3 Å². The second-order valence-electron chi connectivity index (χ2n) is 7.06. The summed E-state index contributed by atoms with van der Waals surface area (Å²) < 4.78 is 0. The molecular weight excluding hydrogens is 206 g/mol. The van der Waals surface area contributed by atoms with Crippen LogP contribution in [0.25, 0.3) is 0 Å². The summed E-state index contributed by atoms with van der Waals surface area (Å²) in [7, 11) is 0. The average Bonchev–Trinajstić information content (AvgIpc) is 2.24. The topological polar surface area (TPSA) is 12.0 Å². The molecule has 1 fully saturated rings. The molecule has 1 rings (SSSR count). The third-order valence-electron chi connectivity index (χ3n) is 4.86. The zero-order chi connectivity index (χ0) is 13.1. The smallest absolute Gasteiger partial charge is 0.0146 e. The van der Waals surface area contributed by atoms with Crippen LogP contribution in [-0.4, -0.2) is 12.6 Å². The summed E-state index contributed by atoms with van der Waals surface area (Å²) in [6.45, 7) is 15.4. The third kappa shape index (κ3) is 3.98. The number of hydrogen-bond acceptors (Lipinski definition) is 1. The molecule has 0 saturated heterocycles. The Hall–Kier alpha value is -0.0400. The highest BCUT2D eigenvalue weighted by Crippen LogP contribution is 2.40. The first-order valence-electron chi connectivity index (χ1n) is 7.64. The van der Waals surface area contributed by atoms with E-state index in [1.54, 1.807) is 0 Å². The maximum atomic E-state index is 3.78. The Kier molecular flexibility index (Phi) is 5.50. The van der Waals surface area contributed by atoms with Crippen molar-refractivity contribution in [1.82, 2.24) is 5.32 Å². The molecule has 1 aliphatic rings. The largest absolute Gasteiger partial charge is 0.313 e. The van der Waals surface area contributed by atoms with E-state index < -0.39 is 0 Å². The Morgan fingerprint density at radius 3 is 2.00 bits per heavy atom. The summed E-state index contributed by atoms with van der Waals surface area (Å²) in [4.78, 5) is 0. The number of nitrogens with one attached hydrogen (secondary N) is 1. The Morgan fingerprint density at radius 2 is 1.59 bits per heavy atom. The molecule has 17 heavy (non-hydrogen) atoms. The molecule has 102 valence electrons. The molecule has 0 radical (unpaired) electrons. The first-order valence-corrected chi connectivity index (χ1v) is 7.64. The predicted molar refractivity (Wildman–Crippen MR) is 77.2 cm³/mol. The van der Waals surface area contributed by atoms with Crippen LogP contribution in [0, 0.1) is 23.2 Å². The van der Waals surface area contributed by atoms with Gasteiger partial charge >= 0.3 is 0 Å². The fourth-order valence-electron chi connectivity index (χ4n) is 3.80. The van der Waals surface area contributed by atoms with Crippen molar-refractivity contribution >= 4 is 0 Å². The van der Waals surface area contributed by atoms with Crippen molar-refractivity contribution in [2.75, 3.05) is 6.54 Å². The summed E-state index contributed by atoms with van der Waals surface area (Å²) in [5.41, 5.74) is 0.428. The van der Waals surface area contributed by atoms with Gasteiger partial charge in [0.2, 0.25) is 0 Å². The van der Waals surface area contributed by atoms with Gasteiger partial charge < -0.3 is 5.32 Å². The Labute approximate surface area is 109 Å². The maximum absolute atomic E-state index is 3.78. The highest BCUT2D eigenvalue weighted by molar-refractivity contribution is 4.91. The van der Waals surface area contributed by atoms with E-state index in [0.717, 1.165) is 24.3 Å². The van der Waals surface area contributed by atoms with Crippen molar-refractivity contribution in [3.8, 4) is 0 Å². The molecule has 0 heterocycles. The normalized spacial score (nSPS) is 32.5. The van der Waals surface area contributed by atoms with Gasteiger partial charge in [-0.05, 0) is 55.4 Å². The van der Waals surface area contributed by atoms with E-state index in [0.29, 0.717) is 11.5 Å². The quantitative estimate of drug-likeness (QED) is 0.746. The lowest BCUT2D eigenvalue weighted by Crippen LogP contribution is -2.48. The van der Waals surface area contributed by atoms with Crippen LogP contribution in [0.2, 0.25) is 0 Å². The lowest BCUT2D eigenvalue weighted by molar-refractivity contribution is 0.101. The molecule has 1 nitrogen and oxygen atoms in total. The van der Waals surface area contributed by atoms with Crippen molar-refractivity contribution in [1.29, 1.82) is 0 Å². The van der Waals surface area contributed by atoms with Crippen molar-refractivity contribution in [2.24, 2.45) is 23.2 Å². The molecule has 0 aliphatic heterocycles. The lowest BCUT2D eigenvalue weighted by atomic mass is 9.66. The third-order valence-corrected chi connectivity index (χ3v) is 4.86. The van der Waals surface area contributed by atoms with Gasteiger partial charge in [0.1, 0.15) is 0 Å². The summed E-state index contributed by atoms with van der Waals surface area (Å²) >= 11 is 0. The lowest BCUT2D eigenvalue weighted by Gasteiger charge is -2.44. The van der Waals surface area contributed by atoms with Crippen LogP contribution in [0.3, 0.4) is 0 Å². The molecule has 0 spiro atoms. The van der Waals surface area contributed by atoms with Gasteiger partial charge in [-0.25, -0.2) is 0 Å². The molecule has 0 aromatic rings. The molecule has 0 aromatic heterocycles. The minimum Gasteiger partial charge on any atom is -0.313 e. The fourth-order valence-corrected chi connectivity index (χ4v) is 3.80. The van der Waals surface area contributed by atoms with Gasteiger partial charge in [-0.1, -0.05) is 41.5 Å². The molecule has 0 aromatic carbocycles. The molecule has 3 unspecified atom stereocenters. The maximum Gasteiger partial charge on any atom is 0.0146 e. The van der Waals surface area contributed by atoms with Crippen molar-refractivity contribution in [3.63, 3.8) is 0 Å². The molecule has 1 saturated carbocycles. The van der Waals surface area contributed by atoms with Crippen LogP contribution < -0.4 is 5.32 Å². The summed E-state index contributed by atoms with van der Waals surface area (Å²) in [6, 6.07) is 0.697. The van der Waals surface area contributed by atoms with Crippen molar-refractivity contribution < 1.29 is 0 Å². The van der Waals surface area contributed by atoms with Crippen LogP contribution in [0.4, 0.5) is 0 Å². The molecule has 3 atom stereocenters. The minimum atomic E-state index is 0.428. The SMILES string of the molecule is CCNC(C1CC(C)CC(C)C1)C(C)(C)CC. The number of rotatable bonds is 5. The Balaban J connectivity index is 2.75. The monoisotopic (exact) mass is 239 g/mol. The zero-order valence-electron chi connectivity index (χ0n) is 12.8. The van der Waals surface area contributed by atoms with E-state index in [1.807, 2.05) is 0 Å². The molecule has 1 aliphatic carbocycles. The fraction of sp³-hybridized carbons (Fsp3) is 1.00. The Morgan fingerprint density at radius 1 is 1.06 bits per heavy atom. The van der Waals surface area contributed by atoms with E-state index in [9.17, 15) is 0 Å². The second kappa shape index (κ2) is 6.22. The van der Waals surface area contributed by atoms with Crippen LogP contribution in [0.15, 0.2) is 0 Å². The van der Waals surface area contributed by atoms with E-state index in [2.05, 4.69) is 46.9 Å². The minimum absolute atomic E-state index is 0.428. The Bertz CT molecular complexity index is 212. The van der Waals surface area contributed by atoms with Crippen molar-refractivity contribution in [3.05, 3.63) is 0 Å². The molecular formula is C16H33N. The highest BCUT2D eigenvalue weighted by atomic mass is 14.9. The standard InChI is InChI=1S/C16H33N/c1-7-16(5,6)15(17-8-2)14-10-12(3)9-13(4)11-14/h12-15,17H,7-11H2,1-6H3. The van der Waals surface area contributed by atoms with Crippen LogP contribution in [0.5, 0.6) is 0 Å². The van der Waals surface area contributed by atoms with Gasteiger partial charge in [0, 0.05) is 6.04 Å². The molecule has 0 amide bonds. The zero-order valence-corrected chi connectivity index (χ0v) is 12.8. The average molecular weight is 239 g/mol. The van der Waals surface area contributed by atoms with Gasteiger partial charge in [-0.15, -0.1) is 0 Å². The molecule has 1 heteroatoms. The van der Waals surface area contributed by atoms with Gasteiger partial charge in [-0.3, -0.25) is 0 Å². The number of hydrogen-bond donors (Lipinski definition) is 1.